The summed E-state index contributed by atoms with van der Waals surface area (Å²) in [4.78, 5) is 16.7. The summed E-state index contributed by atoms with van der Waals surface area (Å²) in [6.45, 7) is 9.43. The maximum Gasteiger partial charge on any atom is 0.307 e. The smallest absolute Gasteiger partial charge is 0.307 e. The standard InChI is InChI=1S/C33H28FN5O3.C4H10O/c1-18-24-8-5-11-42-33(24)27(34)14-25(18)32-26(15-31(40)41)19(2)36-30-16-28(37-39(30)32)22-7-4-6-20(12-22)21-9-10-29-23(13-21)17-35-38(29)3;1-4(2,3)5/h4,6-7,9-10,12-14,16-17H,5,8,11,15H2,1-3H3,(H,40,41);5H,1-3H3. The molecule has 10 heteroatoms. The van der Waals surface area contributed by atoms with E-state index in [0.717, 1.165) is 45.1 Å². The number of fused-ring (bicyclic) bond motifs is 3. The van der Waals surface area contributed by atoms with Crippen LogP contribution in [0.2, 0.25) is 0 Å². The molecule has 1 aliphatic rings. The Morgan fingerprint density at radius 2 is 1.77 bits per heavy atom. The number of hydrogen-bond acceptors (Lipinski definition) is 6. The molecule has 4 heterocycles. The molecule has 3 aromatic heterocycles. The summed E-state index contributed by atoms with van der Waals surface area (Å²) in [6.07, 6.45) is 3.07. The van der Waals surface area contributed by atoms with Gasteiger partial charge < -0.3 is 14.9 Å². The number of carbonyl (C=O) groups is 1. The van der Waals surface area contributed by atoms with Crippen molar-refractivity contribution in [2.24, 2.45) is 7.05 Å². The topological polar surface area (TPSA) is 115 Å². The summed E-state index contributed by atoms with van der Waals surface area (Å²) >= 11 is 0. The molecule has 3 aromatic carbocycles. The Bertz CT molecular complexity index is 2150. The van der Waals surface area contributed by atoms with Crippen LogP contribution in [0.25, 0.3) is 50.2 Å². The van der Waals surface area contributed by atoms with Gasteiger partial charge in [0.05, 0.1) is 41.7 Å². The number of ether oxygens (including phenoxy) is 1. The normalized spacial score (nSPS) is 12.9. The molecular weight excluding hydrogens is 597 g/mol. The van der Waals surface area contributed by atoms with Crippen LogP contribution in [0.4, 0.5) is 4.39 Å². The van der Waals surface area contributed by atoms with Gasteiger partial charge in [-0.1, -0.05) is 24.3 Å². The summed E-state index contributed by atoms with van der Waals surface area (Å²) in [5, 5.41) is 28.6. The van der Waals surface area contributed by atoms with Gasteiger partial charge in [-0.25, -0.2) is 13.9 Å². The molecule has 2 N–H and O–H groups in total. The predicted octanol–water partition coefficient (Wildman–Crippen LogP) is 7.10. The average Bonchev–Trinajstić information content (AvgIpc) is 3.61. The maximum absolute atomic E-state index is 15.4. The van der Waals surface area contributed by atoms with Crippen molar-refractivity contribution in [2.75, 3.05) is 6.61 Å². The van der Waals surface area contributed by atoms with Crippen molar-refractivity contribution in [2.45, 2.75) is 59.5 Å². The Hall–Kier alpha value is -5.09. The average molecular weight is 636 g/mol. The molecule has 47 heavy (non-hydrogen) atoms. The van der Waals surface area contributed by atoms with E-state index in [2.05, 4.69) is 35.4 Å². The molecule has 7 rings (SSSR count). The number of aryl methyl sites for hydroxylation is 2. The van der Waals surface area contributed by atoms with E-state index in [1.54, 1.807) is 32.2 Å². The van der Waals surface area contributed by atoms with Crippen molar-refractivity contribution in [3.05, 3.63) is 89.0 Å². The molecule has 0 amide bonds. The Kier molecular flexibility index (Phi) is 8.31. The van der Waals surface area contributed by atoms with E-state index in [1.807, 2.05) is 43.0 Å². The zero-order valence-electron chi connectivity index (χ0n) is 27.4. The van der Waals surface area contributed by atoms with Gasteiger partial charge in [-0.05, 0) is 88.4 Å². The maximum atomic E-state index is 15.4. The van der Waals surface area contributed by atoms with E-state index in [9.17, 15) is 9.90 Å². The molecule has 242 valence electrons. The number of aromatic nitrogens is 5. The summed E-state index contributed by atoms with van der Waals surface area (Å²) in [5.74, 6) is -1.17. The number of carboxylic acid groups (broad SMARTS) is 1. The van der Waals surface area contributed by atoms with Gasteiger partial charge in [0.15, 0.2) is 17.2 Å². The van der Waals surface area contributed by atoms with E-state index >= 15 is 4.39 Å². The van der Waals surface area contributed by atoms with Gasteiger partial charge in [0, 0.05) is 46.4 Å². The first-order valence-corrected chi connectivity index (χ1v) is 15.6. The summed E-state index contributed by atoms with van der Waals surface area (Å²) < 4.78 is 24.5. The minimum atomic E-state index is -0.995. The number of rotatable bonds is 5. The number of carboxylic acids is 1. The molecule has 0 bridgehead atoms. The molecule has 0 fully saturated rings. The lowest BCUT2D eigenvalue weighted by Gasteiger charge is -2.23. The lowest BCUT2D eigenvalue weighted by molar-refractivity contribution is -0.136. The Morgan fingerprint density at radius 1 is 1.04 bits per heavy atom. The summed E-state index contributed by atoms with van der Waals surface area (Å²) in [7, 11) is 1.92. The molecule has 0 aliphatic carbocycles. The van der Waals surface area contributed by atoms with Gasteiger partial charge in [0.25, 0.3) is 0 Å². The molecule has 0 saturated carbocycles. The molecule has 0 saturated heterocycles. The number of aliphatic hydroxyl groups is 1. The fraction of sp³-hybridized carbons (Fsp3) is 0.297. The Balaban J connectivity index is 0.000000720. The van der Waals surface area contributed by atoms with Crippen LogP contribution in [0, 0.1) is 19.7 Å². The van der Waals surface area contributed by atoms with E-state index < -0.39 is 17.4 Å². The third kappa shape index (κ3) is 6.46. The number of hydrogen-bond donors (Lipinski definition) is 2. The Labute approximate surface area is 272 Å². The largest absolute Gasteiger partial charge is 0.490 e. The highest BCUT2D eigenvalue weighted by Gasteiger charge is 2.26. The number of benzene rings is 3. The summed E-state index contributed by atoms with van der Waals surface area (Å²) in [5.41, 5.74) is 8.63. The first-order valence-electron chi connectivity index (χ1n) is 15.6. The lowest BCUT2D eigenvalue weighted by atomic mass is 9.91. The highest BCUT2D eigenvalue weighted by atomic mass is 19.1. The number of aliphatic carboxylic acids is 1. The zero-order valence-corrected chi connectivity index (χ0v) is 27.4. The SMILES string of the molecule is CC(C)(C)O.Cc1nc2cc(-c3cccc(-c4ccc5c(cnn5C)c4)c3)nn2c(-c2cc(F)c3c(c2C)CCCO3)c1CC(=O)O. The van der Waals surface area contributed by atoms with Crippen molar-refractivity contribution >= 4 is 22.5 Å². The van der Waals surface area contributed by atoms with Crippen LogP contribution < -0.4 is 4.74 Å². The van der Waals surface area contributed by atoms with Crippen LogP contribution in [0.1, 0.15) is 49.6 Å². The molecule has 0 spiro atoms. The molecule has 9 nitrogen and oxygen atoms in total. The second kappa shape index (κ2) is 12.3. The second-order valence-corrected chi connectivity index (χ2v) is 13.0. The van der Waals surface area contributed by atoms with Crippen LogP contribution in [-0.2, 0) is 24.7 Å². The van der Waals surface area contributed by atoms with E-state index in [0.29, 0.717) is 46.9 Å². The molecular formula is C37H38FN5O4. The monoisotopic (exact) mass is 635 g/mol. The van der Waals surface area contributed by atoms with E-state index in [1.165, 1.54) is 6.07 Å². The first-order chi connectivity index (χ1) is 22.3. The van der Waals surface area contributed by atoms with Crippen LogP contribution in [-0.4, -0.2) is 52.8 Å². The highest BCUT2D eigenvalue weighted by molar-refractivity contribution is 5.86. The third-order valence-corrected chi connectivity index (χ3v) is 8.16. The van der Waals surface area contributed by atoms with Crippen LogP contribution >= 0.6 is 0 Å². The fourth-order valence-corrected chi connectivity index (χ4v) is 6.04. The van der Waals surface area contributed by atoms with Gasteiger partial charge >= 0.3 is 5.97 Å². The van der Waals surface area contributed by atoms with Gasteiger partial charge in [0.1, 0.15) is 0 Å². The molecule has 0 atom stereocenters. The number of halogens is 1. The van der Waals surface area contributed by atoms with Crippen molar-refractivity contribution in [3.8, 4) is 39.4 Å². The van der Waals surface area contributed by atoms with E-state index in [-0.39, 0.29) is 12.2 Å². The van der Waals surface area contributed by atoms with Crippen molar-refractivity contribution < 1.29 is 24.1 Å². The minimum Gasteiger partial charge on any atom is -0.490 e. The number of nitrogens with zero attached hydrogens (tertiary/aromatic N) is 5. The van der Waals surface area contributed by atoms with Crippen molar-refractivity contribution in [1.82, 2.24) is 24.4 Å². The molecule has 0 unspecified atom stereocenters. The molecule has 0 radical (unpaired) electrons. The molecule has 6 aromatic rings. The van der Waals surface area contributed by atoms with Gasteiger partial charge in [-0.3, -0.25) is 9.48 Å². The van der Waals surface area contributed by atoms with Crippen LogP contribution in [0.5, 0.6) is 5.75 Å². The third-order valence-electron chi connectivity index (χ3n) is 8.16. The van der Waals surface area contributed by atoms with Crippen LogP contribution in [0.3, 0.4) is 0 Å². The van der Waals surface area contributed by atoms with Gasteiger partial charge in [-0.2, -0.15) is 10.2 Å². The predicted molar refractivity (Wildman–Crippen MR) is 180 cm³/mol. The van der Waals surface area contributed by atoms with Crippen LogP contribution in [0.15, 0.2) is 60.8 Å². The zero-order chi connectivity index (χ0) is 33.6. The van der Waals surface area contributed by atoms with Crippen molar-refractivity contribution in [3.63, 3.8) is 0 Å². The fourth-order valence-electron chi connectivity index (χ4n) is 6.04. The Morgan fingerprint density at radius 3 is 2.51 bits per heavy atom. The molecule has 1 aliphatic heterocycles. The second-order valence-electron chi connectivity index (χ2n) is 13.0. The quantitative estimate of drug-likeness (QED) is 0.208. The van der Waals surface area contributed by atoms with E-state index in [4.69, 9.17) is 19.9 Å². The van der Waals surface area contributed by atoms with Crippen molar-refractivity contribution in [1.29, 1.82) is 0 Å². The summed E-state index contributed by atoms with van der Waals surface area (Å²) in [6, 6.07) is 17.7. The first kappa shape index (κ1) is 31.9. The van der Waals surface area contributed by atoms with Gasteiger partial charge in [0.2, 0.25) is 0 Å². The minimum absolute atomic E-state index is 0.264. The highest BCUT2D eigenvalue weighted by Crippen LogP contribution is 2.39. The lowest BCUT2D eigenvalue weighted by Crippen LogP contribution is -2.14. The van der Waals surface area contributed by atoms with Gasteiger partial charge in [-0.15, -0.1) is 0 Å².